The van der Waals surface area contributed by atoms with Gasteiger partial charge >= 0.3 is 25.2 Å². The summed E-state index contributed by atoms with van der Waals surface area (Å²) in [5, 5.41) is 5.86. The third-order valence-electron chi connectivity index (χ3n) is 10.8. The normalized spacial score (nSPS) is 24.0. The first-order chi connectivity index (χ1) is 25.3. The van der Waals surface area contributed by atoms with Crippen LogP contribution >= 0.6 is 0 Å². The summed E-state index contributed by atoms with van der Waals surface area (Å²) < 4.78 is 36.1. The van der Waals surface area contributed by atoms with Gasteiger partial charge in [-0.1, -0.05) is 38.1 Å². The topological polar surface area (TPSA) is 148 Å². The molecule has 0 spiro atoms. The van der Waals surface area contributed by atoms with Crippen LogP contribution in [-0.4, -0.2) is 72.6 Å². The number of ether oxygens (including phenoxy) is 4. The molecule has 1 aliphatic heterocycles. The molecule has 6 atom stereocenters. The molecule has 1 saturated heterocycles. The highest BCUT2D eigenvalue weighted by Gasteiger charge is 2.68. The van der Waals surface area contributed by atoms with Gasteiger partial charge in [-0.15, -0.1) is 0 Å². The molecule has 0 radical (unpaired) electrons. The quantitative estimate of drug-likeness (QED) is 0.145. The van der Waals surface area contributed by atoms with E-state index in [0.717, 1.165) is 12.8 Å². The fraction of sp³-hybridized carbons (Fsp3) is 0.619. The van der Waals surface area contributed by atoms with E-state index >= 15 is 0 Å². The van der Waals surface area contributed by atoms with Crippen molar-refractivity contribution >= 4 is 31.1 Å². The largest absolute Gasteiger partial charge is 0.496 e. The average molecular weight is 763 g/mol. The molecule has 2 bridgehead atoms. The molecule has 4 aliphatic rings. The molecule has 6 rings (SSSR count). The van der Waals surface area contributed by atoms with Crippen molar-refractivity contribution < 1.29 is 47.4 Å². The first kappa shape index (κ1) is 42.1. The van der Waals surface area contributed by atoms with Gasteiger partial charge in [-0.25, -0.2) is 14.4 Å². The van der Waals surface area contributed by atoms with Crippen molar-refractivity contribution in [2.24, 2.45) is 17.3 Å². The van der Waals surface area contributed by atoms with E-state index in [1.165, 1.54) is 7.11 Å². The molecule has 0 aromatic heterocycles. The van der Waals surface area contributed by atoms with E-state index in [0.29, 0.717) is 22.8 Å². The number of carbonyl (C=O) groups excluding carboxylic acids is 4. The van der Waals surface area contributed by atoms with Gasteiger partial charge in [-0.3, -0.25) is 4.79 Å². The second-order valence-corrected chi connectivity index (χ2v) is 18.9. The van der Waals surface area contributed by atoms with E-state index in [1.807, 2.05) is 6.07 Å². The van der Waals surface area contributed by atoms with Gasteiger partial charge < -0.3 is 38.9 Å². The second-order valence-electron chi connectivity index (χ2n) is 18.9. The Hall–Kier alpha value is -4.10. The highest BCUT2D eigenvalue weighted by atomic mass is 16.7. The number of hydrogen-bond donors (Lipinski definition) is 2. The SMILES string of the molecule is COc1c(CC(NC(=O)C(NC(=O)OC(C)(C)C)c2ccc(C(=O)OC(C)(C)C)cc2)B2O[C@@H]3C[C@@H]4C[C@@H](C4(C)C)[C@]3(C)O2)cccc1C(=O)OC(C)(C)C. The third-order valence-corrected chi connectivity index (χ3v) is 10.8. The molecule has 300 valence electrons. The predicted octanol–water partition coefficient (Wildman–Crippen LogP) is 7.17. The minimum Gasteiger partial charge on any atom is -0.496 e. The number of hydrogen-bond acceptors (Lipinski definition) is 10. The number of methoxy groups -OCH3 is 1. The maximum atomic E-state index is 14.6. The summed E-state index contributed by atoms with van der Waals surface area (Å²) in [5.74, 6) is -1.36. The lowest BCUT2D eigenvalue weighted by Gasteiger charge is -2.64. The zero-order valence-corrected chi connectivity index (χ0v) is 34.7. The van der Waals surface area contributed by atoms with E-state index in [-0.39, 0.29) is 35.0 Å². The van der Waals surface area contributed by atoms with Crippen LogP contribution in [0.4, 0.5) is 4.79 Å². The van der Waals surface area contributed by atoms with Gasteiger partial charge in [0.05, 0.1) is 30.3 Å². The molecule has 13 heteroatoms. The standard InChI is InChI=1S/C42H59BN2O10/c1-38(2,3)51-35(47)25-19-17-24(18-20-25)32(45-37(49)53-40(7,8)9)34(46)44-31(43-54-30-23-27-22-29(41(27,10)11)42(30,12)55-43)21-26-15-14-16-28(33(26)50-13)36(48)52-39(4,5)6/h14-20,27,29-32H,21-23H2,1-13H3,(H,44,46)(H,45,49)/t27-,29-,30+,31?,32?,42-/m0/s1. The van der Waals surface area contributed by atoms with E-state index in [4.69, 9.17) is 28.3 Å². The van der Waals surface area contributed by atoms with Crippen molar-refractivity contribution in [1.82, 2.24) is 10.6 Å². The van der Waals surface area contributed by atoms with Gasteiger partial charge in [0.1, 0.15) is 34.2 Å². The number of para-hydroxylation sites is 1. The molecule has 3 saturated carbocycles. The lowest BCUT2D eigenvalue weighted by molar-refractivity contribution is -0.199. The predicted molar refractivity (Wildman–Crippen MR) is 208 cm³/mol. The van der Waals surface area contributed by atoms with Crippen molar-refractivity contribution in [2.75, 3.05) is 7.11 Å². The van der Waals surface area contributed by atoms with Crippen molar-refractivity contribution in [3.05, 3.63) is 64.7 Å². The Bertz CT molecular complexity index is 1770. The highest BCUT2D eigenvalue weighted by molar-refractivity contribution is 6.48. The van der Waals surface area contributed by atoms with E-state index in [1.54, 1.807) is 98.7 Å². The van der Waals surface area contributed by atoms with E-state index < -0.39 is 65.4 Å². The number of benzene rings is 2. The summed E-state index contributed by atoms with van der Waals surface area (Å²) in [6, 6.07) is 10.2. The minimum atomic E-state index is -1.24. The number of carbonyl (C=O) groups is 4. The molecule has 1 heterocycles. The van der Waals surface area contributed by atoms with Gasteiger partial charge in [0.2, 0.25) is 5.91 Å². The van der Waals surface area contributed by atoms with Gasteiger partial charge in [0.15, 0.2) is 0 Å². The monoisotopic (exact) mass is 762 g/mol. The number of nitrogens with one attached hydrogen (secondary N) is 2. The van der Waals surface area contributed by atoms with Crippen LogP contribution in [-0.2, 0) is 34.7 Å². The van der Waals surface area contributed by atoms with E-state index in [2.05, 4.69) is 31.4 Å². The first-order valence-corrected chi connectivity index (χ1v) is 19.2. The third kappa shape index (κ3) is 9.48. The molecule has 2 aromatic rings. The Morgan fingerprint density at radius 3 is 1.98 bits per heavy atom. The lowest BCUT2D eigenvalue weighted by Crippen LogP contribution is -2.65. The molecule has 2 N–H and O–H groups in total. The summed E-state index contributed by atoms with van der Waals surface area (Å²) >= 11 is 0. The molecule has 4 fully saturated rings. The van der Waals surface area contributed by atoms with Crippen molar-refractivity contribution in [2.45, 2.75) is 143 Å². The van der Waals surface area contributed by atoms with Crippen molar-refractivity contribution in [1.29, 1.82) is 0 Å². The second kappa shape index (κ2) is 15.1. The number of alkyl carbamates (subject to hydrolysis) is 1. The molecule has 2 unspecified atom stereocenters. The Kier molecular flexibility index (Phi) is 11.5. The molecule has 3 aliphatic carbocycles. The minimum absolute atomic E-state index is 0.0844. The Morgan fingerprint density at radius 1 is 0.818 bits per heavy atom. The molecule has 55 heavy (non-hydrogen) atoms. The van der Waals surface area contributed by atoms with Crippen LogP contribution in [0.3, 0.4) is 0 Å². The smallest absolute Gasteiger partial charge is 0.482 e. The summed E-state index contributed by atoms with van der Waals surface area (Å²) in [7, 11) is 0.607. The molecule has 12 nitrogen and oxygen atoms in total. The van der Waals surface area contributed by atoms with Gasteiger partial charge in [0, 0.05) is 0 Å². The number of rotatable bonds is 10. The van der Waals surface area contributed by atoms with Gasteiger partial charge in [-0.05, 0) is 135 Å². The van der Waals surface area contributed by atoms with Crippen molar-refractivity contribution in [3.63, 3.8) is 0 Å². The number of esters is 2. The Morgan fingerprint density at radius 2 is 1.42 bits per heavy atom. The van der Waals surface area contributed by atoms with Crippen LogP contribution in [0, 0.1) is 17.3 Å². The van der Waals surface area contributed by atoms with E-state index in [9.17, 15) is 19.2 Å². The maximum absolute atomic E-state index is 14.6. The highest BCUT2D eigenvalue weighted by Crippen LogP contribution is 2.65. The molecular weight excluding hydrogens is 703 g/mol. The Labute approximate surface area is 326 Å². The summed E-state index contributed by atoms with van der Waals surface area (Å²) in [6.45, 7) is 22.5. The van der Waals surface area contributed by atoms with Crippen LogP contribution in [0.1, 0.15) is 134 Å². The zero-order chi connectivity index (χ0) is 40.9. The van der Waals surface area contributed by atoms with Crippen LogP contribution in [0.5, 0.6) is 5.75 Å². The molecular formula is C42H59BN2O10. The van der Waals surface area contributed by atoms with Crippen LogP contribution in [0.2, 0.25) is 0 Å². The number of amides is 2. The fourth-order valence-corrected chi connectivity index (χ4v) is 8.14. The zero-order valence-electron chi connectivity index (χ0n) is 34.7. The summed E-state index contributed by atoms with van der Waals surface area (Å²) in [4.78, 5) is 53.9. The first-order valence-electron chi connectivity index (χ1n) is 19.2. The Balaban J connectivity index is 1.50. The van der Waals surface area contributed by atoms with Gasteiger partial charge in [0.25, 0.3) is 0 Å². The molecule has 2 amide bonds. The van der Waals surface area contributed by atoms with Crippen LogP contribution in [0.15, 0.2) is 42.5 Å². The fourth-order valence-electron chi connectivity index (χ4n) is 8.14. The summed E-state index contributed by atoms with van der Waals surface area (Å²) in [6.07, 6.45) is 1.04. The average Bonchev–Trinajstić information content (AvgIpc) is 3.41. The van der Waals surface area contributed by atoms with Crippen LogP contribution in [0.25, 0.3) is 0 Å². The lowest BCUT2D eigenvalue weighted by atomic mass is 9.43. The van der Waals surface area contributed by atoms with Crippen molar-refractivity contribution in [3.8, 4) is 5.75 Å². The molecule has 2 aromatic carbocycles. The van der Waals surface area contributed by atoms with Gasteiger partial charge in [-0.2, -0.15) is 0 Å². The summed E-state index contributed by atoms with van der Waals surface area (Å²) in [5.41, 5.74) is -1.23. The maximum Gasteiger partial charge on any atom is 0.482 e. The van der Waals surface area contributed by atoms with Crippen LogP contribution < -0.4 is 15.4 Å².